The highest BCUT2D eigenvalue weighted by Gasteiger charge is 2.33. The highest BCUT2D eigenvalue weighted by molar-refractivity contribution is 5.97. The lowest BCUT2D eigenvalue weighted by molar-refractivity contribution is 0.158. The zero-order valence-corrected chi connectivity index (χ0v) is 36.3. The van der Waals surface area contributed by atoms with Crippen molar-refractivity contribution in [3.8, 4) is 56.3 Å². The van der Waals surface area contributed by atoms with Crippen LogP contribution in [0.1, 0.15) is 122 Å². The van der Waals surface area contributed by atoms with Crippen LogP contribution in [0.15, 0.2) is 109 Å². The number of aryl methyl sites for hydroxylation is 3. The number of fused-ring (bicyclic) bond motifs is 1. The molecular weight excluding hydrogens is 731 g/mol. The Labute approximate surface area is 374 Å². The highest BCUT2D eigenvalue weighted by atomic mass is 16.3. The van der Waals surface area contributed by atoms with Crippen molar-refractivity contribution in [3.05, 3.63) is 143 Å². The van der Waals surface area contributed by atoms with E-state index in [-0.39, 0.29) is 34.1 Å². The molecule has 0 spiro atoms. The summed E-state index contributed by atoms with van der Waals surface area (Å²) in [5, 5.41) is 11.8. The van der Waals surface area contributed by atoms with Crippen LogP contribution in [0.5, 0.6) is 5.75 Å². The Morgan fingerprint density at radius 3 is 2.23 bits per heavy atom. The van der Waals surface area contributed by atoms with Crippen LogP contribution >= 0.6 is 0 Å². The second kappa shape index (κ2) is 16.2. The van der Waals surface area contributed by atoms with Gasteiger partial charge in [0.05, 0.1) is 33.5 Å². The number of nitrogens with zero attached hydrogens (tertiary/aromatic N) is 3. The number of rotatable bonds is 8. The molecule has 1 aliphatic carbocycles. The maximum atomic E-state index is 11.8. The largest absolute Gasteiger partial charge is 0.507 e. The van der Waals surface area contributed by atoms with Crippen LogP contribution in [0.25, 0.3) is 61.6 Å². The van der Waals surface area contributed by atoms with Crippen molar-refractivity contribution < 1.29 is 20.2 Å². The number of benzene rings is 5. The van der Waals surface area contributed by atoms with Crippen molar-refractivity contribution in [2.45, 2.75) is 107 Å². The van der Waals surface area contributed by atoms with Gasteiger partial charge in [-0.2, -0.15) is 0 Å². The van der Waals surface area contributed by atoms with Crippen LogP contribution in [0.3, 0.4) is 0 Å². The molecule has 4 heteroatoms. The Morgan fingerprint density at radius 1 is 0.750 bits per heavy atom. The molecule has 3 atom stereocenters. The van der Waals surface area contributed by atoms with E-state index in [1.54, 1.807) is 12.1 Å². The fourth-order valence-corrected chi connectivity index (χ4v) is 9.11. The standard InChI is InChI=1S/C56H63N3O/c1-33(2)42-26-43(34(3)4)28-44(27-42)40-19-20-51(37(7)25-40)59-52-14-12-13-48(53(52)58-55(59)49-24-36(6)23-38(8)54(49)60)45-29-46(31-47(30-45)56(9,10)11)50-32-41(21-22-57-50)39-17-15-35(5)16-18-39/h12-25,29-34,42-44,60H,26-28H2,1-11H3/i5D3,7D3,15D,16D,17D,18D,33D. The first kappa shape index (κ1) is 29.7. The number of phenolic OH excluding ortho intramolecular Hbond substituents is 1. The fraction of sp³-hybridized carbons (Fsp3) is 0.357. The van der Waals surface area contributed by atoms with Gasteiger partial charge in [0, 0.05) is 26.9 Å². The van der Waals surface area contributed by atoms with E-state index < -0.39 is 49.3 Å². The van der Waals surface area contributed by atoms with Gasteiger partial charge in [0.15, 0.2) is 0 Å². The zero-order chi connectivity index (χ0) is 52.0. The van der Waals surface area contributed by atoms with Gasteiger partial charge in [0.25, 0.3) is 0 Å². The van der Waals surface area contributed by atoms with E-state index in [1.165, 1.54) is 6.20 Å². The van der Waals surface area contributed by atoms with Crippen molar-refractivity contribution in [2.75, 3.05) is 0 Å². The quantitative estimate of drug-likeness (QED) is 0.166. The van der Waals surface area contributed by atoms with Crippen LogP contribution in [0.2, 0.25) is 0 Å². The molecule has 1 saturated carbocycles. The maximum Gasteiger partial charge on any atom is 0.149 e. The Kier molecular flexibility index (Phi) is 8.01. The Morgan fingerprint density at radius 2 is 1.52 bits per heavy atom. The van der Waals surface area contributed by atoms with E-state index in [1.807, 2.05) is 92.9 Å². The van der Waals surface area contributed by atoms with Crippen LogP contribution in [0.4, 0.5) is 0 Å². The van der Waals surface area contributed by atoms with E-state index >= 15 is 0 Å². The first-order chi connectivity index (χ1) is 32.9. The average Bonchev–Trinajstić information content (AvgIpc) is 3.67. The van der Waals surface area contributed by atoms with E-state index in [9.17, 15) is 5.11 Å². The molecule has 0 saturated heterocycles. The molecule has 60 heavy (non-hydrogen) atoms. The monoisotopic (exact) mass is 805 g/mol. The Bertz CT molecular complexity index is 3180. The molecule has 3 unspecified atom stereocenters. The minimum absolute atomic E-state index is 0.0320. The van der Waals surface area contributed by atoms with Gasteiger partial charge in [-0.25, -0.2) is 4.98 Å². The molecular formula is C56H63N3O. The molecule has 0 bridgehead atoms. The summed E-state index contributed by atoms with van der Waals surface area (Å²) in [7, 11) is 0. The molecule has 0 radical (unpaired) electrons. The topological polar surface area (TPSA) is 50.9 Å². The van der Waals surface area contributed by atoms with Gasteiger partial charge in [-0.05, 0) is 169 Å². The van der Waals surface area contributed by atoms with Crippen LogP contribution in [-0.4, -0.2) is 19.6 Å². The molecule has 2 heterocycles. The molecule has 2 aromatic heterocycles. The number of aromatic nitrogens is 3. The number of phenols is 1. The molecule has 8 rings (SSSR count). The lowest BCUT2D eigenvalue weighted by atomic mass is 9.66. The van der Waals surface area contributed by atoms with Crippen LogP contribution in [-0.2, 0) is 5.41 Å². The number of hydrogen-bond acceptors (Lipinski definition) is 3. The lowest BCUT2D eigenvalue weighted by Gasteiger charge is -2.39. The molecule has 4 nitrogen and oxygen atoms in total. The van der Waals surface area contributed by atoms with Crippen molar-refractivity contribution in [2.24, 2.45) is 23.6 Å². The lowest BCUT2D eigenvalue weighted by Crippen LogP contribution is -2.27. The second-order valence-corrected chi connectivity index (χ2v) is 18.6. The third-order valence-corrected chi connectivity index (χ3v) is 12.7. The number of imidazole rings is 1. The third kappa shape index (κ3) is 8.06. The van der Waals surface area contributed by atoms with Crippen molar-refractivity contribution in [1.82, 2.24) is 14.5 Å². The van der Waals surface area contributed by atoms with E-state index in [2.05, 4.69) is 40.7 Å². The summed E-state index contributed by atoms with van der Waals surface area (Å²) in [4.78, 5) is 10.1. The van der Waals surface area contributed by atoms with Gasteiger partial charge < -0.3 is 5.11 Å². The first-order valence-electron chi connectivity index (χ1n) is 26.7. The van der Waals surface area contributed by atoms with Crippen molar-refractivity contribution >= 4 is 11.0 Å². The van der Waals surface area contributed by atoms with Gasteiger partial charge in [0.1, 0.15) is 11.6 Å². The molecule has 0 aliphatic heterocycles. The summed E-state index contributed by atoms with van der Waals surface area (Å²) in [6.07, 6.45) is 4.20. The van der Waals surface area contributed by atoms with Gasteiger partial charge in [-0.15, -0.1) is 0 Å². The van der Waals surface area contributed by atoms with Gasteiger partial charge in [-0.1, -0.05) is 115 Å². The summed E-state index contributed by atoms with van der Waals surface area (Å²) in [5.74, 6) is 0.806. The normalized spacial score (nSPS) is 20.5. The maximum absolute atomic E-state index is 11.8. The van der Waals surface area contributed by atoms with Gasteiger partial charge >= 0.3 is 0 Å². The zero-order valence-electron chi connectivity index (χ0n) is 47.3. The summed E-state index contributed by atoms with van der Waals surface area (Å²) >= 11 is 0. The third-order valence-electron chi connectivity index (χ3n) is 12.7. The number of pyridine rings is 1. The summed E-state index contributed by atoms with van der Waals surface area (Å²) < 4.78 is 96.4. The Balaban J connectivity index is 1.35. The van der Waals surface area contributed by atoms with Crippen LogP contribution in [0, 0.1) is 51.2 Å². The molecule has 5 aromatic carbocycles. The van der Waals surface area contributed by atoms with Crippen molar-refractivity contribution in [3.63, 3.8) is 0 Å². The van der Waals surface area contributed by atoms with E-state index in [4.69, 9.17) is 25.0 Å². The number of para-hydroxylation sites is 1. The molecule has 7 aromatic rings. The second-order valence-electron chi connectivity index (χ2n) is 18.6. The van der Waals surface area contributed by atoms with Gasteiger partial charge in [-0.3, -0.25) is 9.55 Å². The number of aromatic hydroxyl groups is 1. The SMILES string of the molecule is [2H]c1c([2H])c(C([2H])([2H])[2H])c([2H])c([2H])c1-c1ccnc(-c2cc(-c3cccc4c3nc(-c3cc(C)cc(C)c3O)n4-c3ccc(C4CC(C(C)C)CC(C([2H])(C)C)C4)cc3C([2H])([2H])[2H])cc(C(C)(C)C)c2)c1. The molecule has 1 N–H and O–H groups in total. The molecule has 1 aliphatic rings. The fourth-order valence-electron chi connectivity index (χ4n) is 9.11. The summed E-state index contributed by atoms with van der Waals surface area (Å²) in [5.41, 5.74) is 7.60. The minimum Gasteiger partial charge on any atom is -0.507 e. The van der Waals surface area contributed by atoms with E-state index in [0.717, 1.165) is 47.1 Å². The van der Waals surface area contributed by atoms with Gasteiger partial charge in [0.2, 0.25) is 0 Å². The predicted octanol–water partition coefficient (Wildman–Crippen LogP) is 15.1. The predicted molar refractivity (Wildman–Crippen MR) is 253 cm³/mol. The van der Waals surface area contributed by atoms with Crippen LogP contribution < -0.4 is 0 Å². The molecule has 0 amide bonds. The smallest absolute Gasteiger partial charge is 0.149 e. The summed E-state index contributed by atoms with van der Waals surface area (Å²) in [6.45, 7) is 13.1. The highest BCUT2D eigenvalue weighted by Crippen LogP contribution is 2.46. The molecule has 1 fully saturated rings. The van der Waals surface area contributed by atoms with Crippen molar-refractivity contribution in [1.29, 1.82) is 0 Å². The molecule has 308 valence electrons. The first-order valence-corrected chi connectivity index (χ1v) is 21.2. The average molecular weight is 805 g/mol. The van der Waals surface area contributed by atoms with E-state index in [0.29, 0.717) is 62.3 Å². The summed E-state index contributed by atoms with van der Waals surface area (Å²) in [6, 6.07) is 22.5. The Hall–Kier alpha value is -5.48. The number of hydrogen-bond donors (Lipinski definition) is 1. The minimum atomic E-state index is -2.84.